The second-order valence-electron chi connectivity index (χ2n) is 6.34. The van der Waals surface area contributed by atoms with Crippen LogP contribution in [0.4, 0.5) is 15.1 Å². The summed E-state index contributed by atoms with van der Waals surface area (Å²) < 4.78 is 28.7. The lowest BCUT2D eigenvalue weighted by molar-refractivity contribution is 0.264. The van der Waals surface area contributed by atoms with Crippen LogP contribution in [0.5, 0.6) is 23.1 Å². The molecule has 1 atom stereocenters. The number of hydrogen-bond donors (Lipinski definition) is 5. The summed E-state index contributed by atoms with van der Waals surface area (Å²) in [6, 6.07) is 10.8. The highest BCUT2D eigenvalue weighted by Gasteiger charge is 2.19. The summed E-state index contributed by atoms with van der Waals surface area (Å²) in [6.45, 7) is 1.56. The Labute approximate surface area is 176 Å². The van der Waals surface area contributed by atoms with Crippen LogP contribution in [0.3, 0.4) is 0 Å². The standard InChI is InChI=1S/C20H21FN4O4S/c1-11(10-26)23-18(22)16-19(27)25-30-20(16)24-12-6-8-13(9-7-12)29-17-14(21)4-3-5-15(17)28-2/h3-9,11,24,26H,10H2,1-2H3,(H2,22,23)(H,25,27). The SMILES string of the molecule is COc1cccc(F)c1Oc1ccc(Nc2snc(O)c2C(=N)NC(C)CO)cc1. The summed E-state index contributed by atoms with van der Waals surface area (Å²) in [5.74, 6) is -0.196. The third-order valence-corrected chi connectivity index (χ3v) is 4.82. The summed E-state index contributed by atoms with van der Waals surface area (Å²) in [7, 11) is 1.43. The van der Waals surface area contributed by atoms with Crippen molar-refractivity contribution in [3.8, 4) is 23.1 Å². The molecule has 0 aliphatic heterocycles. The Morgan fingerprint density at radius 1 is 1.27 bits per heavy atom. The molecule has 2 aromatic carbocycles. The fourth-order valence-corrected chi connectivity index (χ4v) is 3.28. The maximum atomic E-state index is 14.0. The first kappa shape index (κ1) is 21.3. The number of aliphatic hydroxyl groups excluding tert-OH is 1. The normalized spacial score (nSPS) is 11.6. The minimum Gasteiger partial charge on any atom is -0.493 e. The van der Waals surface area contributed by atoms with Crippen LogP contribution >= 0.6 is 11.5 Å². The molecule has 0 fully saturated rings. The number of aliphatic hydroxyl groups is 1. The molecule has 1 unspecified atom stereocenters. The van der Waals surface area contributed by atoms with E-state index in [-0.39, 0.29) is 41.4 Å². The van der Waals surface area contributed by atoms with Gasteiger partial charge in [-0.05, 0) is 54.9 Å². The predicted molar refractivity (Wildman–Crippen MR) is 113 cm³/mol. The lowest BCUT2D eigenvalue weighted by Gasteiger charge is -2.14. The molecule has 0 amide bonds. The van der Waals surface area contributed by atoms with Crippen molar-refractivity contribution < 1.29 is 24.1 Å². The van der Waals surface area contributed by atoms with Crippen LogP contribution in [-0.2, 0) is 0 Å². The fraction of sp³-hybridized carbons (Fsp3) is 0.200. The number of ether oxygens (including phenoxy) is 2. The largest absolute Gasteiger partial charge is 0.493 e. The van der Waals surface area contributed by atoms with E-state index in [2.05, 4.69) is 15.0 Å². The zero-order valence-corrected chi connectivity index (χ0v) is 17.1. The quantitative estimate of drug-likeness (QED) is 0.271. The van der Waals surface area contributed by atoms with Gasteiger partial charge in [-0.1, -0.05) is 6.07 Å². The number of anilines is 2. The molecule has 0 saturated heterocycles. The van der Waals surface area contributed by atoms with Gasteiger partial charge in [0, 0.05) is 11.7 Å². The van der Waals surface area contributed by atoms with Crippen LogP contribution in [0.1, 0.15) is 12.5 Å². The van der Waals surface area contributed by atoms with E-state index in [4.69, 9.17) is 20.0 Å². The molecule has 3 aromatic rings. The molecular weight excluding hydrogens is 411 g/mol. The first-order valence-corrected chi connectivity index (χ1v) is 9.72. The van der Waals surface area contributed by atoms with Gasteiger partial charge in [-0.2, -0.15) is 4.37 Å². The van der Waals surface area contributed by atoms with Gasteiger partial charge in [-0.25, -0.2) is 4.39 Å². The summed E-state index contributed by atoms with van der Waals surface area (Å²) in [5.41, 5.74) is 0.854. The number of amidine groups is 1. The summed E-state index contributed by atoms with van der Waals surface area (Å²) in [5, 5.41) is 33.6. The molecule has 8 nitrogen and oxygen atoms in total. The van der Waals surface area contributed by atoms with Crippen LogP contribution < -0.4 is 20.1 Å². The number of nitrogens with zero attached hydrogens (tertiary/aromatic N) is 1. The van der Waals surface area contributed by atoms with Gasteiger partial charge >= 0.3 is 0 Å². The van der Waals surface area contributed by atoms with Gasteiger partial charge in [0.05, 0.1) is 13.7 Å². The molecule has 0 aliphatic rings. The Balaban J connectivity index is 1.75. The molecule has 158 valence electrons. The molecule has 5 N–H and O–H groups in total. The smallest absolute Gasteiger partial charge is 0.236 e. The van der Waals surface area contributed by atoms with Gasteiger partial charge in [0.25, 0.3) is 0 Å². The molecule has 0 saturated carbocycles. The van der Waals surface area contributed by atoms with Crippen molar-refractivity contribution in [2.24, 2.45) is 0 Å². The molecule has 3 rings (SSSR count). The highest BCUT2D eigenvalue weighted by Crippen LogP contribution is 2.35. The molecule has 1 heterocycles. The van der Waals surface area contributed by atoms with Gasteiger partial charge < -0.3 is 30.3 Å². The number of hydrogen-bond acceptors (Lipinski definition) is 8. The highest BCUT2D eigenvalue weighted by atomic mass is 32.1. The first-order chi connectivity index (χ1) is 14.4. The number of aromatic hydroxyl groups is 1. The van der Waals surface area contributed by atoms with Crippen LogP contribution in [0.25, 0.3) is 0 Å². The summed E-state index contributed by atoms with van der Waals surface area (Å²) in [6.07, 6.45) is 0. The molecule has 0 spiro atoms. The summed E-state index contributed by atoms with van der Waals surface area (Å²) in [4.78, 5) is 0. The Kier molecular flexibility index (Phi) is 6.70. The third-order valence-electron chi connectivity index (χ3n) is 4.07. The highest BCUT2D eigenvalue weighted by molar-refractivity contribution is 7.11. The molecule has 0 bridgehead atoms. The van der Waals surface area contributed by atoms with Crippen molar-refractivity contribution in [1.29, 1.82) is 5.41 Å². The van der Waals surface area contributed by atoms with E-state index in [9.17, 15) is 9.50 Å². The average molecular weight is 432 g/mol. The number of nitrogens with one attached hydrogen (secondary N) is 3. The average Bonchev–Trinajstić information content (AvgIpc) is 3.10. The Morgan fingerprint density at radius 2 is 2.00 bits per heavy atom. The van der Waals surface area contributed by atoms with Gasteiger partial charge in [-0.15, -0.1) is 0 Å². The predicted octanol–water partition coefficient (Wildman–Crippen LogP) is 3.83. The maximum Gasteiger partial charge on any atom is 0.236 e. The lowest BCUT2D eigenvalue weighted by atomic mass is 10.2. The van der Waals surface area contributed by atoms with E-state index in [1.54, 1.807) is 37.3 Å². The fourth-order valence-electron chi connectivity index (χ4n) is 2.56. The molecular formula is C20H21FN4O4S. The van der Waals surface area contributed by atoms with E-state index in [0.717, 1.165) is 11.5 Å². The van der Waals surface area contributed by atoms with Crippen LogP contribution in [0, 0.1) is 11.2 Å². The van der Waals surface area contributed by atoms with Crippen molar-refractivity contribution in [3.63, 3.8) is 0 Å². The van der Waals surface area contributed by atoms with Crippen molar-refractivity contribution in [1.82, 2.24) is 9.69 Å². The number of methoxy groups -OCH3 is 1. The number of rotatable bonds is 8. The van der Waals surface area contributed by atoms with E-state index >= 15 is 0 Å². The van der Waals surface area contributed by atoms with Crippen molar-refractivity contribution in [2.45, 2.75) is 13.0 Å². The Hall–Kier alpha value is -3.37. The topological polar surface area (TPSA) is 120 Å². The maximum absolute atomic E-state index is 14.0. The third kappa shape index (κ3) is 4.78. The van der Waals surface area contributed by atoms with E-state index < -0.39 is 5.82 Å². The van der Waals surface area contributed by atoms with Crippen LogP contribution in [-0.4, -0.2) is 40.2 Å². The van der Waals surface area contributed by atoms with E-state index in [0.29, 0.717) is 16.4 Å². The van der Waals surface area contributed by atoms with Crippen LogP contribution in [0.15, 0.2) is 42.5 Å². The lowest BCUT2D eigenvalue weighted by Crippen LogP contribution is -2.35. The number of halogens is 1. The zero-order valence-electron chi connectivity index (χ0n) is 16.3. The number of aromatic nitrogens is 1. The minimum absolute atomic E-state index is 0.00657. The van der Waals surface area contributed by atoms with Crippen molar-refractivity contribution >= 4 is 28.1 Å². The monoisotopic (exact) mass is 432 g/mol. The van der Waals surface area contributed by atoms with Gasteiger partial charge in [0.15, 0.2) is 11.6 Å². The molecule has 0 radical (unpaired) electrons. The molecule has 1 aromatic heterocycles. The summed E-state index contributed by atoms with van der Waals surface area (Å²) >= 11 is 0.996. The Morgan fingerprint density at radius 3 is 2.67 bits per heavy atom. The number of benzene rings is 2. The van der Waals surface area contributed by atoms with Gasteiger partial charge in [0.1, 0.15) is 22.1 Å². The minimum atomic E-state index is -0.538. The second kappa shape index (κ2) is 9.42. The van der Waals surface area contributed by atoms with Crippen molar-refractivity contribution in [3.05, 3.63) is 53.8 Å². The molecule has 30 heavy (non-hydrogen) atoms. The zero-order chi connectivity index (χ0) is 21.7. The second-order valence-corrected chi connectivity index (χ2v) is 7.11. The van der Waals surface area contributed by atoms with E-state index in [1.165, 1.54) is 19.2 Å². The van der Waals surface area contributed by atoms with Gasteiger partial charge in [-0.3, -0.25) is 5.41 Å². The molecule has 0 aliphatic carbocycles. The van der Waals surface area contributed by atoms with Crippen molar-refractivity contribution in [2.75, 3.05) is 19.0 Å². The van der Waals surface area contributed by atoms with E-state index in [1.807, 2.05) is 0 Å². The van der Waals surface area contributed by atoms with Crippen LogP contribution in [0.2, 0.25) is 0 Å². The number of para-hydroxylation sites is 1. The first-order valence-electron chi connectivity index (χ1n) is 8.95. The van der Waals surface area contributed by atoms with Gasteiger partial charge in [0.2, 0.25) is 11.6 Å². The molecule has 10 heteroatoms. The Bertz CT molecular complexity index is 1030.